The van der Waals surface area contributed by atoms with Crippen molar-refractivity contribution in [3.05, 3.63) is 23.8 Å². The normalized spacial score (nSPS) is 20.1. The summed E-state index contributed by atoms with van der Waals surface area (Å²) in [4.78, 5) is 14.1. The van der Waals surface area contributed by atoms with Gasteiger partial charge >= 0.3 is 0 Å². The van der Waals surface area contributed by atoms with E-state index in [0.29, 0.717) is 6.04 Å². The molecule has 4 nitrogen and oxygen atoms in total. The minimum atomic E-state index is 0. The van der Waals surface area contributed by atoms with E-state index in [1.165, 1.54) is 11.3 Å². The number of aromatic nitrogens is 3. The van der Waals surface area contributed by atoms with Crippen molar-refractivity contribution in [2.75, 3.05) is 14.1 Å². The van der Waals surface area contributed by atoms with Crippen LogP contribution >= 0.6 is 0 Å². The van der Waals surface area contributed by atoms with Gasteiger partial charge in [0.05, 0.1) is 17.2 Å². The van der Waals surface area contributed by atoms with E-state index >= 15 is 0 Å². The largest absolute Gasteiger partial charge is 0.356 e. The molecule has 0 aromatic carbocycles. The van der Waals surface area contributed by atoms with Crippen LogP contribution in [-0.4, -0.2) is 40.0 Å². The summed E-state index contributed by atoms with van der Waals surface area (Å²) in [5.74, 6) is 0. The molecule has 15 heavy (non-hydrogen) atoms. The zero-order valence-electron chi connectivity index (χ0n) is 8.99. The Morgan fingerprint density at radius 2 is 2.33 bits per heavy atom. The molecule has 1 aliphatic carbocycles. The van der Waals surface area contributed by atoms with Crippen LogP contribution in [0.1, 0.15) is 12.7 Å². The van der Waals surface area contributed by atoms with Gasteiger partial charge in [-0.3, -0.25) is 0 Å². The van der Waals surface area contributed by atoms with Crippen LogP contribution in [-0.2, 0) is 12.8 Å². The first-order chi connectivity index (χ1) is 7.25. The zero-order valence-corrected chi connectivity index (χ0v) is 8.99. The number of likely N-dealkylation sites (N-methyl/N-ethyl adjacent to an activating group) is 1. The molecular weight excluding hydrogens is 188 g/mol. The fourth-order valence-corrected chi connectivity index (χ4v) is 2.35. The molecule has 0 fully saturated rings. The summed E-state index contributed by atoms with van der Waals surface area (Å²) in [7, 11) is 4.27. The molecular formula is C11H16N4. The highest BCUT2D eigenvalue weighted by Crippen LogP contribution is 2.29. The summed E-state index contributed by atoms with van der Waals surface area (Å²) in [5.41, 5.74) is 4.89. The quantitative estimate of drug-likeness (QED) is 0.760. The Labute approximate surface area is 89.8 Å². The van der Waals surface area contributed by atoms with Crippen molar-refractivity contribution in [2.24, 2.45) is 0 Å². The molecule has 1 aliphatic rings. The topological polar surface area (TPSA) is 44.8 Å². The van der Waals surface area contributed by atoms with Crippen LogP contribution in [0.4, 0.5) is 0 Å². The van der Waals surface area contributed by atoms with Crippen LogP contribution in [0.25, 0.3) is 11.0 Å². The number of hydrogen-bond acceptors (Lipinski definition) is 3. The minimum Gasteiger partial charge on any atom is -0.356 e. The van der Waals surface area contributed by atoms with E-state index in [9.17, 15) is 0 Å². The Kier molecular flexibility index (Phi) is 1.79. The van der Waals surface area contributed by atoms with Crippen LogP contribution in [0.2, 0.25) is 0 Å². The maximum atomic E-state index is 4.35. The zero-order chi connectivity index (χ0) is 10.4. The lowest BCUT2D eigenvalue weighted by Gasteiger charge is -2.18. The molecule has 3 rings (SSSR count). The third-order valence-electron chi connectivity index (χ3n) is 3.26. The smallest absolute Gasteiger partial charge is 0.116 e. The van der Waals surface area contributed by atoms with E-state index in [4.69, 9.17) is 0 Å². The average molecular weight is 204 g/mol. The number of nitrogens with zero attached hydrogens (tertiary/aromatic N) is 3. The van der Waals surface area contributed by atoms with Gasteiger partial charge in [-0.25, -0.2) is 9.97 Å². The highest BCUT2D eigenvalue weighted by molar-refractivity contribution is 5.80. The maximum Gasteiger partial charge on any atom is 0.116 e. The number of aromatic amines is 1. The lowest BCUT2D eigenvalue weighted by Crippen LogP contribution is -2.28. The van der Waals surface area contributed by atoms with Gasteiger partial charge in [-0.1, -0.05) is 0 Å². The molecule has 0 saturated heterocycles. The van der Waals surface area contributed by atoms with Crippen LogP contribution in [0.3, 0.4) is 0 Å². The number of H-pyrrole nitrogens is 1. The fraction of sp³-hybridized carbons (Fsp3) is 0.455. The molecule has 0 radical (unpaired) electrons. The Morgan fingerprint density at radius 3 is 3.13 bits per heavy atom. The monoisotopic (exact) mass is 204 g/mol. The molecule has 4 heteroatoms. The van der Waals surface area contributed by atoms with E-state index in [0.717, 1.165) is 23.9 Å². The molecule has 2 heterocycles. The van der Waals surface area contributed by atoms with Crippen molar-refractivity contribution in [3.63, 3.8) is 0 Å². The molecule has 0 aliphatic heterocycles. The Balaban J connectivity index is 0.000000963. The first-order valence-corrected chi connectivity index (χ1v) is 5.21. The predicted octanol–water partition coefficient (Wildman–Crippen LogP) is 1.23. The third kappa shape index (κ3) is 1.25. The molecule has 0 saturated carbocycles. The van der Waals surface area contributed by atoms with Crippen LogP contribution in [0.15, 0.2) is 12.5 Å². The summed E-state index contributed by atoms with van der Waals surface area (Å²) in [6.07, 6.45) is 5.67. The molecule has 1 N–H and O–H groups in total. The standard InChI is InChI=1S/C11H14N4.H2/c1-15(2)7-3-8-9(4-7)14-10-5-12-6-13-11(8)10;/h5-7,14H,3-4H2,1-2H3;1H/t7-;/m0./s1. The van der Waals surface area contributed by atoms with Crippen LogP contribution < -0.4 is 0 Å². The molecule has 0 amide bonds. The highest BCUT2D eigenvalue weighted by Gasteiger charge is 2.27. The molecule has 0 spiro atoms. The summed E-state index contributed by atoms with van der Waals surface area (Å²) < 4.78 is 0. The second-order valence-corrected chi connectivity index (χ2v) is 4.39. The lowest BCUT2D eigenvalue weighted by atomic mass is 10.2. The second kappa shape index (κ2) is 3.03. The summed E-state index contributed by atoms with van der Waals surface area (Å²) in [6.45, 7) is 0. The first kappa shape index (κ1) is 8.85. The van der Waals surface area contributed by atoms with Crippen molar-refractivity contribution in [1.82, 2.24) is 19.9 Å². The van der Waals surface area contributed by atoms with Crippen molar-refractivity contribution < 1.29 is 1.43 Å². The third-order valence-corrected chi connectivity index (χ3v) is 3.26. The predicted molar refractivity (Wildman–Crippen MR) is 60.9 cm³/mol. The average Bonchev–Trinajstić information content (AvgIpc) is 2.73. The molecule has 2 aromatic heterocycles. The van der Waals surface area contributed by atoms with Gasteiger partial charge in [0.1, 0.15) is 6.33 Å². The van der Waals surface area contributed by atoms with E-state index in [2.05, 4.69) is 33.9 Å². The molecule has 80 valence electrons. The van der Waals surface area contributed by atoms with Gasteiger partial charge in [0.2, 0.25) is 0 Å². The van der Waals surface area contributed by atoms with Gasteiger partial charge < -0.3 is 9.88 Å². The van der Waals surface area contributed by atoms with Crippen molar-refractivity contribution >= 4 is 11.0 Å². The van der Waals surface area contributed by atoms with Crippen LogP contribution in [0, 0.1) is 0 Å². The summed E-state index contributed by atoms with van der Waals surface area (Å²) in [5, 5.41) is 0. The molecule has 1 atom stereocenters. The van der Waals surface area contributed by atoms with Gasteiger partial charge in [0, 0.05) is 25.1 Å². The lowest BCUT2D eigenvalue weighted by molar-refractivity contribution is 0.303. The maximum absolute atomic E-state index is 4.35. The number of rotatable bonds is 1. The van der Waals surface area contributed by atoms with Gasteiger partial charge in [-0.2, -0.15) is 0 Å². The van der Waals surface area contributed by atoms with Crippen LogP contribution in [0.5, 0.6) is 0 Å². The van der Waals surface area contributed by atoms with Crippen molar-refractivity contribution in [3.8, 4) is 0 Å². The molecule has 0 bridgehead atoms. The van der Waals surface area contributed by atoms with Gasteiger partial charge in [0.25, 0.3) is 0 Å². The first-order valence-electron chi connectivity index (χ1n) is 5.21. The molecule has 0 unspecified atom stereocenters. The summed E-state index contributed by atoms with van der Waals surface area (Å²) >= 11 is 0. The Morgan fingerprint density at radius 1 is 1.47 bits per heavy atom. The SMILES string of the molecule is CN(C)[C@@H]1Cc2[nH]c3cncnc3c2C1.[HH]. The molecule has 2 aromatic rings. The number of fused-ring (bicyclic) bond motifs is 3. The number of nitrogens with one attached hydrogen (secondary N) is 1. The second-order valence-electron chi connectivity index (χ2n) is 4.39. The van der Waals surface area contributed by atoms with E-state index in [1.54, 1.807) is 6.33 Å². The Bertz CT molecular complexity index is 506. The fourth-order valence-electron chi connectivity index (χ4n) is 2.35. The highest BCUT2D eigenvalue weighted by atomic mass is 15.1. The number of hydrogen-bond donors (Lipinski definition) is 1. The van der Waals surface area contributed by atoms with E-state index in [1.807, 2.05) is 6.20 Å². The summed E-state index contributed by atoms with van der Waals surface area (Å²) in [6, 6.07) is 0.616. The van der Waals surface area contributed by atoms with Crippen molar-refractivity contribution in [2.45, 2.75) is 18.9 Å². The van der Waals surface area contributed by atoms with Gasteiger partial charge in [0.15, 0.2) is 0 Å². The van der Waals surface area contributed by atoms with Crippen molar-refractivity contribution in [1.29, 1.82) is 0 Å². The van der Waals surface area contributed by atoms with E-state index in [-0.39, 0.29) is 1.43 Å². The van der Waals surface area contributed by atoms with Gasteiger partial charge in [-0.15, -0.1) is 0 Å². The Hall–Kier alpha value is -1.42. The van der Waals surface area contributed by atoms with Gasteiger partial charge in [-0.05, 0) is 20.5 Å². The van der Waals surface area contributed by atoms with E-state index < -0.39 is 0 Å². The minimum absolute atomic E-state index is 0.